The second kappa shape index (κ2) is 4.08. The first kappa shape index (κ1) is 9.64. The lowest BCUT2D eigenvalue weighted by molar-refractivity contribution is 0.663. The van der Waals surface area contributed by atoms with Gasteiger partial charge in [0, 0.05) is 13.2 Å². The summed E-state index contributed by atoms with van der Waals surface area (Å²) in [5, 5.41) is 7.21. The summed E-state index contributed by atoms with van der Waals surface area (Å²) in [6.45, 7) is 2.62. The van der Waals surface area contributed by atoms with Gasteiger partial charge in [-0.1, -0.05) is 0 Å². The van der Waals surface area contributed by atoms with Crippen LogP contribution in [0.4, 0.5) is 5.82 Å². The van der Waals surface area contributed by atoms with E-state index in [9.17, 15) is 0 Å². The molecule has 1 N–H and O–H groups in total. The molecular weight excluding hydrogens is 190 g/mol. The molecule has 0 bridgehead atoms. The molecule has 5 nitrogen and oxygen atoms in total. The summed E-state index contributed by atoms with van der Waals surface area (Å²) < 4.78 is 1.85. The lowest BCUT2D eigenvalue weighted by atomic mass is 10.4. The van der Waals surface area contributed by atoms with Crippen LogP contribution in [0.1, 0.15) is 11.4 Å². The number of hydrogen-bond acceptors (Lipinski definition) is 4. The molecule has 0 fully saturated rings. The molecule has 2 rings (SSSR count). The molecule has 78 valence electrons. The van der Waals surface area contributed by atoms with E-state index in [1.54, 1.807) is 12.4 Å². The highest BCUT2D eigenvalue weighted by Crippen LogP contribution is 2.02. The molecule has 5 heteroatoms. The first-order valence-electron chi connectivity index (χ1n) is 4.76. The number of aromatic nitrogens is 4. The third kappa shape index (κ3) is 2.31. The summed E-state index contributed by atoms with van der Waals surface area (Å²) in [7, 11) is 1.82. The highest BCUT2D eigenvalue weighted by atomic mass is 15.3. The third-order valence-electron chi connectivity index (χ3n) is 2.06. The third-order valence-corrected chi connectivity index (χ3v) is 2.06. The lowest BCUT2D eigenvalue weighted by Crippen LogP contribution is -2.04. The quantitative estimate of drug-likeness (QED) is 0.810. The monoisotopic (exact) mass is 203 g/mol. The van der Waals surface area contributed by atoms with Crippen LogP contribution in [0.2, 0.25) is 0 Å². The van der Waals surface area contributed by atoms with Crippen molar-refractivity contribution in [3.05, 3.63) is 36.0 Å². The summed E-state index contributed by atoms with van der Waals surface area (Å²) in [6.07, 6.45) is 5.40. The number of aryl methyl sites for hydroxylation is 1. The van der Waals surface area contributed by atoms with Crippen LogP contribution in [0.25, 0.3) is 0 Å². The van der Waals surface area contributed by atoms with E-state index in [0.29, 0.717) is 6.54 Å². The minimum Gasteiger partial charge on any atom is -0.372 e. The van der Waals surface area contributed by atoms with Crippen LogP contribution < -0.4 is 5.32 Å². The molecule has 0 saturated heterocycles. The molecule has 15 heavy (non-hydrogen) atoms. The molecule has 2 aromatic rings. The highest BCUT2D eigenvalue weighted by molar-refractivity contribution is 5.29. The Hall–Kier alpha value is -1.91. The van der Waals surface area contributed by atoms with Crippen LogP contribution in [0, 0.1) is 6.92 Å². The van der Waals surface area contributed by atoms with Crippen molar-refractivity contribution in [2.75, 3.05) is 12.4 Å². The number of rotatable bonds is 3. The lowest BCUT2D eigenvalue weighted by Gasteiger charge is -2.02. The summed E-state index contributed by atoms with van der Waals surface area (Å²) in [6, 6.07) is 1.97. The Morgan fingerprint density at radius 2 is 2.20 bits per heavy atom. The Morgan fingerprint density at radius 1 is 1.33 bits per heavy atom. The molecule has 0 aromatic carbocycles. The van der Waals surface area contributed by atoms with Gasteiger partial charge in [-0.25, -0.2) is 4.98 Å². The first-order valence-corrected chi connectivity index (χ1v) is 4.76. The van der Waals surface area contributed by atoms with Crippen molar-refractivity contribution in [1.29, 1.82) is 0 Å². The minimum absolute atomic E-state index is 0.658. The molecule has 0 amide bonds. The fourth-order valence-electron chi connectivity index (χ4n) is 1.28. The zero-order chi connectivity index (χ0) is 10.7. The number of hydrogen-bond donors (Lipinski definition) is 1. The fourth-order valence-corrected chi connectivity index (χ4v) is 1.28. The SMILES string of the molecule is CNc1cnc(Cn2ccc(C)n2)cn1. The van der Waals surface area contributed by atoms with Crippen molar-refractivity contribution in [3.8, 4) is 0 Å². The van der Waals surface area contributed by atoms with E-state index in [-0.39, 0.29) is 0 Å². The molecule has 0 saturated carbocycles. The topological polar surface area (TPSA) is 55.6 Å². The maximum absolute atomic E-state index is 4.28. The van der Waals surface area contributed by atoms with Crippen LogP contribution in [-0.2, 0) is 6.54 Å². The number of nitrogens with zero attached hydrogens (tertiary/aromatic N) is 4. The van der Waals surface area contributed by atoms with Crippen LogP contribution >= 0.6 is 0 Å². The van der Waals surface area contributed by atoms with Gasteiger partial charge in [0.05, 0.1) is 30.3 Å². The molecule has 0 aliphatic carbocycles. The van der Waals surface area contributed by atoms with Gasteiger partial charge < -0.3 is 5.32 Å². The zero-order valence-electron chi connectivity index (χ0n) is 8.81. The summed E-state index contributed by atoms with van der Waals surface area (Å²) >= 11 is 0. The van der Waals surface area contributed by atoms with Gasteiger partial charge >= 0.3 is 0 Å². The van der Waals surface area contributed by atoms with E-state index in [4.69, 9.17) is 0 Å². The van der Waals surface area contributed by atoms with E-state index < -0.39 is 0 Å². The molecule has 2 aromatic heterocycles. The Labute approximate surface area is 88.2 Å². The highest BCUT2D eigenvalue weighted by Gasteiger charge is 1.98. The van der Waals surface area contributed by atoms with Crippen molar-refractivity contribution >= 4 is 5.82 Å². The minimum atomic E-state index is 0.658. The largest absolute Gasteiger partial charge is 0.372 e. The predicted octanol–water partition coefficient (Wildman–Crippen LogP) is 1.07. The summed E-state index contributed by atoms with van der Waals surface area (Å²) in [5.41, 5.74) is 1.91. The fraction of sp³-hybridized carbons (Fsp3) is 0.300. The van der Waals surface area contributed by atoms with E-state index >= 15 is 0 Å². The van der Waals surface area contributed by atoms with Gasteiger partial charge in [0.15, 0.2) is 0 Å². The van der Waals surface area contributed by atoms with E-state index in [1.807, 2.05) is 30.9 Å². The molecule has 0 aliphatic heterocycles. The van der Waals surface area contributed by atoms with Crippen molar-refractivity contribution in [2.24, 2.45) is 0 Å². The molecule has 0 radical (unpaired) electrons. The zero-order valence-corrected chi connectivity index (χ0v) is 8.81. The van der Waals surface area contributed by atoms with Crippen molar-refractivity contribution in [3.63, 3.8) is 0 Å². The van der Waals surface area contributed by atoms with Crippen LogP contribution in [0.5, 0.6) is 0 Å². The van der Waals surface area contributed by atoms with Crippen molar-refractivity contribution in [2.45, 2.75) is 13.5 Å². The smallest absolute Gasteiger partial charge is 0.144 e. The molecule has 0 atom stereocenters. The normalized spacial score (nSPS) is 10.3. The van der Waals surface area contributed by atoms with Gasteiger partial charge in [0.2, 0.25) is 0 Å². The Kier molecular flexibility index (Phi) is 2.62. The van der Waals surface area contributed by atoms with Gasteiger partial charge in [-0.05, 0) is 13.0 Å². The predicted molar refractivity (Wildman–Crippen MR) is 57.6 cm³/mol. The number of anilines is 1. The van der Waals surface area contributed by atoms with Gasteiger partial charge in [-0.2, -0.15) is 5.10 Å². The average Bonchev–Trinajstić information content (AvgIpc) is 2.65. The van der Waals surface area contributed by atoms with Crippen LogP contribution in [-0.4, -0.2) is 26.8 Å². The molecule has 0 aliphatic rings. The average molecular weight is 203 g/mol. The first-order chi connectivity index (χ1) is 7.28. The molecule has 0 unspecified atom stereocenters. The maximum Gasteiger partial charge on any atom is 0.144 e. The van der Waals surface area contributed by atoms with Gasteiger partial charge in [0.1, 0.15) is 5.82 Å². The Bertz CT molecular complexity index is 431. The Morgan fingerprint density at radius 3 is 2.73 bits per heavy atom. The van der Waals surface area contributed by atoms with Gasteiger partial charge in [-0.3, -0.25) is 9.67 Å². The van der Waals surface area contributed by atoms with Gasteiger partial charge in [0.25, 0.3) is 0 Å². The van der Waals surface area contributed by atoms with E-state index in [0.717, 1.165) is 17.2 Å². The van der Waals surface area contributed by atoms with Crippen LogP contribution in [0.15, 0.2) is 24.7 Å². The summed E-state index contributed by atoms with van der Waals surface area (Å²) in [4.78, 5) is 8.45. The molecular formula is C10H13N5. The van der Waals surface area contributed by atoms with Crippen molar-refractivity contribution < 1.29 is 0 Å². The van der Waals surface area contributed by atoms with E-state index in [2.05, 4.69) is 20.4 Å². The van der Waals surface area contributed by atoms with Crippen LogP contribution in [0.3, 0.4) is 0 Å². The maximum atomic E-state index is 4.28. The standard InChI is InChI=1S/C10H13N5/c1-8-3-4-15(14-8)7-9-5-13-10(11-2)6-12-9/h3-6H,7H2,1-2H3,(H,11,13). The second-order valence-electron chi connectivity index (χ2n) is 3.30. The molecule has 2 heterocycles. The summed E-state index contributed by atoms with van der Waals surface area (Å²) in [5.74, 6) is 0.774. The van der Waals surface area contributed by atoms with Gasteiger partial charge in [-0.15, -0.1) is 0 Å². The Balaban J connectivity index is 2.11. The number of nitrogens with one attached hydrogen (secondary N) is 1. The molecule has 0 spiro atoms. The van der Waals surface area contributed by atoms with Crippen molar-refractivity contribution in [1.82, 2.24) is 19.7 Å². The van der Waals surface area contributed by atoms with E-state index in [1.165, 1.54) is 0 Å². The second-order valence-corrected chi connectivity index (χ2v) is 3.30.